The second-order valence-electron chi connectivity index (χ2n) is 8.51. The summed E-state index contributed by atoms with van der Waals surface area (Å²) in [5, 5.41) is 0. The third-order valence-corrected chi connectivity index (χ3v) is 5.41. The molecular weight excluding hydrogens is 216 g/mol. The van der Waals surface area contributed by atoms with Crippen LogP contribution in [0.25, 0.3) is 0 Å². The molecule has 0 N–H and O–H groups in total. The molecule has 18 heavy (non-hydrogen) atoms. The van der Waals surface area contributed by atoms with Crippen molar-refractivity contribution in [3.63, 3.8) is 0 Å². The minimum Gasteiger partial charge on any atom is -0.0649 e. The highest BCUT2D eigenvalue weighted by molar-refractivity contribution is 4.80. The van der Waals surface area contributed by atoms with Gasteiger partial charge in [0.2, 0.25) is 0 Å². The van der Waals surface area contributed by atoms with Gasteiger partial charge in [0, 0.05) is 0 Å². The van der Waals surface area contributed by atoms with E-state index in [2.05, 4.69) is 41.5 Å². The van der Waals surface area contributed by atoms with E-state index in [0.717, 1.165) is 11.8 Å². The second kappa shape index (κ2) is 6.44. The minimum atomic E-state index is 0.540. The molecule has 0 heteroatoms. The molecule has 0 unspecified atom stereocenters. The van der Waals surface area contributed by atoms with Gasteiger partial charge in [-0.25, -0.2) is 0 Å². The number of rotatable bonds is 6. The lowest BCUT2D eigenvalue weighted by molar-refractivity contribution is 0.163. The Morgan fingerprint density at radius 1 is 0.833 bits per heavy atom. The molecule has 108 valence electrons. The lowest BCUT2D eigenvalue weighted by atomic mass is 9.70. The molecule has 1 aliphatic rings. The maximum Gasteiger partial charge on any atom is -0.0351 e. The summed E-state index contributed by atoms with van der Waals surface area (Å²) in [5.74, 6) is 2.00. The van der Waals surface area contributed by atoms with Crippen LogP contribution in [-0.2, 0) is 0 Å². The first-order chi connectivity index (χ1) is 8.24. The Balaban J connectivity index is 2.35. The van der Waals surface area contributed by atoms with Gasteiger partial charge >= 0.3 is 0 Å². The molecule has 1 saturated carbocycles. The predicted molar refractivity (Wildman–Crippen MR) is 82.8 cm³/mol. The fourth-order valence-corrected chi connectivity index (χ4v) is 3.27. The average Bonchev–Trinajstić information content (AvgIpc) is 2.30. The van der Waals surface area contributed by atoms with E-state index in [9.17, 15) is 0 Å². The van der Waals surface area contributed by atoms with Crippen molar-refractivity contribution in [2.24, 2.45) is 22.7 Å². The predicted octanol–water partition coefficient (Wildman–Crippen LogP) is 6.45. The molecule has 0 radical (unpaired) electrons. The maximum absolute atomic E-state index is 2.50. The molecule has 0 nitrogen and oxygen atoms in total. The molecule has 1 aliphatic carbocycles. The van der Waals surface area contributed by atoms with Gasteiger partial charge in [0.15, 0.2) is 0 Å². The highest BCUT2D eigenvalue weighted by Crippen LogP contribution is 2.41. The van der Waals surface area contributed by atoms with Gasteiger partial charge in [0.05, 0.1) is 0 Å². The average molecular weight is 252 g/mol. The number of hydrogen-bond acceptors (Lipinski definition) is 0. The standard InChI is InChI=1S/C18H36/c1-7-17(3,4)12-13-18(5,6)14-16-10-8-15(2)9-11-16/h15-16H,7-14H2,1-6H3. The van der Waals surface area contributed by atoms with Crippen molar-refractivity contribution in [2.75, 3.05) is 0 Å². The third-order valence-electron chi connectivity index (χ3n) is 5.41. The van der Waals surface area contributed by atoms with Crippen LogP contribution in [0, 0.1) is 22.7 Å². The lowest BCUT2D eigenvalue weighted by Gasteiger charge is -2.35. The Kier molecular flexibility index (Phi) is 5.74. The number of hydrogen-bond donors (Lipinski definition) is 0. The highest BCUT2D eigenvalue weighted by atomic mass is 14.3. The van der Waals surface area contributed by atoms with Crippen molar-refractivity contribution in [3.05, 3.63) is 0 Å². The van der Waals surface area contributed by atoms with E-state index in [1.54, 1.807) is 0 Å². The van der Waals surface area contributed by atoms with Crippen LogP contribution < -0.4 is 0 Å². The zero-order valence-electron chi connectivity index (χ0n) is 13.8. The summed E-state index contributed by atoms with van der Waals surface area (Å²) in [5.41, 5.74) is 1.09. The van der Waals surface area contributed by atoms with Crippen molar-refractivity contribution >= 4 is 0 Å². The summed E-state index contributed by atoms with van der Waals surface area (Å²) >= 11 is 0. The Bertz CT molecular complexity index is 228. The second-order valence-corrected chi connectivity index (χ2v) is 8.51. The topological polar surface area (TPSA) is 0 Å². The van der Waals surface area contributed by atoms with Crippen LogP contribution in [0.4, 0.5) is 0 Å². The van der Waals surface area contributed by atoms with E-state index in [1.807, 2.05) is 0 Å². The van der Waals surface area contributed by atoms with Crippen molar-refractivity contribution in [3.8, 4) is 0 Å². The Morgan fingerprint density at radius 3 is 1.83 bits per heavy atom. The van der Waals surface area contributed by atoms with Gasteiger partial charge in [0.1, 0.15) is 0 Å². The Labute approximate surface area is 116 Å². The van der Waals surface area contributed by atoms with E-state index in [1.165, 1.54) is 51.4 Å². The maximum atomic E-state index is 2.50. The van der Waals surface area contributed by atoms with Gasteiger partial charge in [-0.05, 0) is 41.9 Å². The molecule has 0 aliphatic heterocycles. The molecular formula is C18H36. The summed E-state index contributed by atoms with van der Waals surface area (Å²) in [4.78, 5) is 0. The SMILES string of the molecule is CCC(C)(C)CCC(C)(C)CC1CCC(C)CC1. The first kappa shape index (κ1) is 16.1. The van der Waals surface area contributed by atoms with Crippen LogP contribution in [0.2, 0.25) is 0 Å². The molecule has 0 aromatic heterocycles. The molecule has 0 amide bonds. The van der Waals surface area contributed by atoms with E-state index in [-0.39, 0.29) is 0 Å². The largest absolute Gasteiger partial charge is 0.0649 e. The molecule has 0 atom stereocenters. The zero-order valence-corrected chi connectivity index (χ0v) is 13.8. The summed E-state index contributed by atoms with van der Waals surface area (Å²) in [6.45, 7) is 14.6. The monoisotopic (exact) mass is 252 g/mol. The van der Waals surface area contributed by atoms with Gasteiger partial charge in [-0.3, -0.25) is 0 Å². The Hall–Kier alpha value is 0. The van der Waals surface area contributed by atoms with Crippen molar-refractivity contribution in [2.45, 2.75) is 92.9 Å². The molecule has 0 saturated heterocycles. The van der Waals surface area contributed by atoms with Crippen LogP contribution in [0.15, 0.2) is 0 Å². The quantitative estimate of drug-likeness (QED) is 0.510. The smallest absolute Gasteiger partial charge is 0.0351 e. The fraction of sp³-hybridized carbons (Fsp3) is 1.00. The highest BCUT2D eigenvalue weighted by Gasteiger charge is 2.28. The lowest BCUT2D eigenvalue weighted by Crippen LogP contribution is -2.23. The molecule has 0 heterocycles. The fourth-order valence-electron chi connectivity index (χ4n) is 3.27. The van der Waals surface area contributed by atoms with Crippen LogP contribution in [0.5, 0.6) is 0 Å². The summed E-state index contributed by atoms with van der Waals surface area (Å²) in [6.07, 6.45) is 11.5. The van der Waals surface area contributed by atoms with Gasteiger partial charge in [-0.15, -0.1) is 0 Å². The van der Waals surface area contributed by atoms with E-state index < -0.39 is 0 Å². The molecule has 0 aromatic rings. The van der Waals surface area contributed by atoms with Gasteiger partial charge in [0.25, 0.3) is 0 Å². The van der Waals surface area contributed by atoms with E-state index in [0.29, 0.717) is 10.8 Å². The van der Waals surface area contributed by atoms with E-state index in [4.69, 9.17) is 0 Å². The van der Waals surface area contributed by atoms with Crippen molar-refractivity contribution < 1.29 is 0 Å². The van der Waals surface area contributed by atoms with Gasteiger partial charge < -0.3 is 0 Å². The zero-order chi connectivity index (χ0) is 13.8. The first-order valence-corrected chi connectivity index (χ1v) is 8.24. The third kappa shape index (κ3) is 5.76. The van der Waals surface area contributed by atoms with Crippen LogP contribution in [-0.4, -0.2) is 0 Å². The van der Waals surface area contributed by atoms with Crippen LogP contribution in [0.3, 0.4) is 0 Å². The normalized spacial score (nSPS) is 26.3. The van der Waals surface area contributed by atoms with Crippen LogP contribution >= 0.6 is 0 Å². The van der Waals surface area contributed by atoms with Crippen LogP contribution in [0.1, 0.15) is 92.9 Å². The Morgan fingerprint density at radius 2 is 1.33 bits per heavy atom. The molecule has 0 aromatic carbocycles. The summed E-state index contributed by atoms with van der Waals surface area (Å²) in [6, 6.07) is 0. The molecule has 1 rings (SSSR count). The molecule has 1 fully saturated rings. The minimum absolute atomic E-state index is 0.540. The van der Waals surface area contributed by atoms with Gasteiger partial charge in [-0.2, -0.15) is 0 Å². The van der Waals surface area contributed by atoms with Gasteiger partial charge in [-0.1, -0.05) is 73.6 Å². The van der Waals surface area contributed by atoms with Crippen molar-refractivity contribution in [1.29, 1.82) is 0 Å². The first-order valence-electron chi connectivity index (χ1n) is 8.24. The summed E-state index contributed by atoms with van der Waals surface area (Å²) < 4.78 is 0. The van der Waals surface area contributed by atoms with E-state index >= 15 is 0 Å². The molecule has 0 spiro atoms. The van der Waals surface area contributed by atoms with Crippen molar-refractivity contribution in [1.82, 2.24) is 0 Å². The summed E-state index contributed by atoms with van der Waals surface area (Å²) in [7, 11) is 0. The molecule has 0 bridgehead atoms.